The van der Waals surface area contributed by atoms with Crippen LogP contribution in [-0.2, 0) is 9.59 Å². The quantitative estimate of drug-likeness (QED) is 0.522. The summed E-state index contributed by atoms with van der Waals surface area (Å²) in [6, 6.07) is 0. The van der Waals surface area contributed by atoms with E-state index < -0.39 is 0 Å². The van der Waals surface area contributed by atoms with E-state index in [2.05, 4.69) is 10.6 Å². The van der Waals surface area contributed by atoms with Gasteiger partial charge in [0.25, 0.3) is 0 Å². The van der Waals surface area contributed by atoms with Crippen molar-refractivity contribution in [3.8, 4) is 0 Å². The monoisotopic (exact) mass is 215 g/mol. The van der Waals surface area contributed by atoms with Gasteiger partial charge in [-0.3, -0.25) is 9.59 Å². The molecule has 2 amide bonds. The molecule has 5 nitrogen and oxygen atoms in total. The summed E-state index contributed by atoms with van der Waals surface area (Å²) in [5.41, 5.74) is 5.23. The molecule has 0 aliphatic carbocycles. The molecule has 88 valence electrons. The molecular formula is C10H21N3O2. The molecule has 0 aliphatic rings. The first-order valence-corrected chi connectivity index (χ1v) is 5.44. The van der Waals surface area contributed by atoms with Crippen molar-refractivity contribution in [2.24, 2.45) is 5.73 Å². The van der Waals surface area contributed by atoms with Crippen molar-refractivity contribution < 1.29 is 9.59 Å². The number of carbonyl (C=O) groups is 2. The van der Waals surface area contributed by atoms with E-state index in [-0.39, 0.29) is 11.8 Å². The van der Waals surface area contributed by atoms with E-state index in [4.69, 9.17) is 5.73 Å². The summed E-state index contributed by atoms with van der Waals surface area (Å²) in [5, 5.41) is 5.41. The van der Waals surface area contributed by atoms with Crippen LogP contribution in [0.15, 0.2) is 0 Å². The highest BCUT2D eigenvalue weighted by Crippen LogP contribution is 1.95. The summed E-state index contributed by atoms with van der Waals surface area (Å²) >= 11 is 0. The predicted octanol–water partition coefficient (Wildman–Crippen LogP) is -0.242. The van der Waals surface area contributed by atoms with Crippen LogP contribution in [0.25, 0.3) is 0 Å². The van der Waals surface area contributed by atoms with E-state index in [9.17, 15) is 9.59 Å². The molecular weight excluding hydrogens is 194 g/mol. The first kappa shape index (κ1) is 13.9. The molecule has 0 aromatic heterocycles. The van der Waals surface area contributed by atoms with E-state index in [1.807, 2.05) is 6.92 Å². The number of nitrogens with one attached hydrogen (secondary N) is 2. The molecule has 0 aliphatic heterocycles. The Labute approximate surface area is 90.8 Å². The molecule has 0 saturated carbocycles. The fourth-order valence-corrected chi connectivity index (χ4v) is 1.06. The minimum Gasteiger partial charge on any atom is -0.356 e. The minimum absolute atomic E-state index is 0.0171. The van der Waals surface area contributed by atoms with Gasteiger partial charge in [0, 0.05) is 32.5 Å². The number of amides is 2. The zero-order valence-electron chi connectivity index (χ0n) is 9.34. The van der Waals surface area contributed by atoms with Crippen LogP contribution in [0.5, 0.6) is 0 Å². The summed E-state index contributed by atoms with van der Waals surface area (Å²) in [5.74, 6) is -0.0211. The van der Waals surface area contributed by atoms with Gasteiger partial charge in [0.1, 0.15) is 0 Å². The topological polar surface area (TPSA) is 84.2 Å². The molecule has 0 aromatic rings. The molecule has 0 radical (unpaired) electrons. The first-order chi connectivity index (χ1) is 7.20. The van der Waals surface area contributed by atoms with Crippen molar-refractivity contribution in [2.75, 3.05) is 19.6 Å². The summed E-state index contributed by atoms with van der Waals surface area (Å²) in [6.07, 6.45) is 2.32. The van der Waals surface area contributed by atoms with Crippen LogP contribution >= 0.6 is 0 Å². The van der Waals surface area contributed by atoms with E-state index in [0.717, 1.165) is 6.42 Å². The second kappa shape index (κ2) is 9.45. The molecule has 15 heavy (non-hydrogen) atoms. The smallest absolute Gasteiger partial charge is 0.220 e. The first-order valence-electron chi connectivity index (χ1n) is 5.44. The number of hydrogen-bond acceptors (Lipinski definition) is 3. The zero-order valence-corrected chi connectivity index (χ0v) is 9.34. The third-order valence-corrected chi connectivity index (χ3v) is 1.85. The molecule has 0 spiro atoms. The lowest BCUT2D eigenvalue weighted by molar-refractivity contribution is -0.122. The van der Waals surface area contributed by atoms with Gasteiger partial charge < -0.3 is 16.4 Å². The maximum Gasteiger partial charge on any atom is 0.220 e. The Balaban J connectivity index is 3.36. The third-order valence-electron chi connectivity index (χ3n) is 1.85. The Morgan fingerprint density at radius 3 is 2.07 bits per heavy atom. The number of hydrogen-bond donors (Lipinski definition) is 3. The van der Waals surface area contributed by atoms with Gasteiger partial charge in [-0.05, 0) is 12.8 Å². The lowest BCUT2D eigenvalue weighted by atomic mass is 10.2. The molecule has 0 aromatic carbocycles. The highest BCUT2D eigenvalue weighted by molar-refractivity contribution is 5.78. The molecule has 0 fully saturated rings. The van der Waals surface area contributed by atoms with Gasteiger partial charge in [-0.2, -0.15) is 0 Å². The minimum atomic E-state index is -0.0382. The lowest BCUT2D eigenvalue weighted by Crippen LogP contribution is -2.29. The van der Waals surface area contributed by atoms with Gasteiger partial charge >= 0.3 is 0 Å². The number of nitrogens with two attached hydrogens (primary N) is 1. The standard InChI is InChI=1S/C10H21N3O2/c1-2-7-12-9(14)4-3-5-10(15)13-8-6-11/h2-8,11H2,1H3,(H,12,14)(H,13,15). The molecule has 0 unspecified atom stereocenters. The van der Waals surface area contributed by atoms with Crippen molar-refractivity contribution in [2.45, 2.75) is 32.6 Å². The molecule has 0 atom stereocenters. The van der Waals surface area contributed by atoms with Crippen LogP contribution in [0.1, 0.15) is 32.6 Å². The van der Waals surface area contributed by atoms with E-state index in [1.165, 1.54) is 0 Å². The van der Waals surface area contributed by atoms with Crippen LogP contribution in [0.2, 0.25) is 0 Å². The van der Waals surface area contributed by atoms with Crippen LogP contribution < -0.4 is 16.4 Å². The summed E-state index contributed by atoms with van der Waals surface area (Å²) < 4.78 is 0. The normalized spacial score (nSPS) is 9.73. The third kappa shape index (κ3) is 9.21. The number of carbonyl (C=O) groups excluding carboxylic acids is 2. The highest BCUT2D eigenvalue weighted by atomic mass is 16.2. The fraction of sp³-hybridized carbons (Fsp3) is 0.800. The number of rotatable bonds is 8. The molecule has 4 N–H and O–H groups in total. The van der Waals surface area contributed by atoms with Gasteiger partial charge in [0.05, 0.1) is 0 Å². The Morgan fingerprint density at radius 1 is 1.07 bits per heavy atom. The lowest BCUT2D eigenvalue weighted by Gasteiger charge is -2.04. The van der Waals surface area contributed by atoms with Crippen molar-refractivity contribution in [1.82, 2.24) is 10.6 Å². The second-order valence-corrected chi connectivity index (χ2v) is 3.34. The van der Waals surface area contributed by atoms with Crippen LogP contribution in [-0.4, -0.2) is 31.4 Å². The Bertz CT molecular complexity index is 175. The fourth-order valence-electron chi connectivity index (χ4n) is 1.06. The average molecular weight is 215 g/mol. The largest absolute Gasteiger partial charge is 0.356 e. The zero-order chi connectivity index (χ0) is 11.5. The summed E-state index contributed by atoms with van der Waals surface area (Å²) in [7, 11) is 0. The summed E-state index contributed by atoms with van der Waals surface area (Å²) in [6.45, 7) is 3.66. The average Bonchev–Trinajstić information content (AvgIpc) is 2.23. The molecule has 0 saturated heterocycles. The Hall–Kier alpha value is -1.10. The van der Waals surface area contributed by atoms with Crippen molar-refractivity contribution in [3.63, 3.8) is 0 Å². The van der Waals surface area contributed by atoms with Crippen molar-refractivity contribution >= 4 is 11.8 Å². The van der Waals surface area contributed by atoms with Crippen molar-refractivity contribution in [3.05, 3.63) is 0 Å². The van der Waals surface area contributed by atoms with E-state index in [0.29, 0.717) is 38.9 Å². The van der Waals surface area contributed by atoms with E-state index in [1.54, 1.807) is 0 Å². The van der Waals surface area contributed by atoms with Gasteiger partial charge in [-0.25, -0.2) is 0 Å². The van der Waals surface area contributed by atoms with Gasteiger partial charge in [0.2, 0.25) is 11.8 Å². The SMILES string of the molecule is CCCNC(=O)CCCC(=O)NCCN. The van der Waals surface area contributed by atoms with Crippen molar-refractivity contribution in [1.29, 1.82) is 0 Å². The van der Waals surface area contributed by atoms with Crippen LogP contribution in [0.4, 0.5) is 0 Å². The maximum absolute atomic E-state index is 11.1. The molecule has 5 heteroatoms. The van der Waals surface area contributed by atoms with Crippen LogP contribution in [0.3, 0.4) is 0 Å². The second-order valence-electron chi connectivity index (χ2n) is 3.34. The van der Waals surface area contributed by atoms with Gasteiger partial charge in [0.15, 0.2) is 0 Å². The Kier molecular flexibility index (Phi) is 8.76. The summed E-state index contributed by atoms with van der Waals surface area (Å²) in [4.78, 5) is 22.2. The van der Waals surface area contributed by atoms with Crippen LogP contribution in [0, 0.1) is 0 Å². The predicted molar refractivity (Wildman–Crippen MR) is 59.2 cm³/mol. The Morgan fingerprint density at radius 2 is 1.60 bits per heavy atom. The molecule has 0 rings (SSSR count). The molecule has 0 bridgehead atoms. The molecule has 0 heterocycles. The highest BCUT2D eigenvalue weighted by Gasteiger charge is 2.03. The van der Waals surface area contributed by atoms with E-state index >= 15 is 0 Å². The van der Waals surface area contributed by atoms with Gasteiger partial charge in [-0.15, -0.1) is 0 Å². The van der Waals surface area contributed by atoms with Gasteiger partial charge in [-0.1, -0.05) is 6.92 Å². The maximum atomic E-state index is 11.1.